The number of hydrogen-bond donors (Lipinski definition) is 2. The highest BCUT2D eigenvalue weighted by Crippen LogP contribution is 2.33. The number of aromatic amines is 1. The van der Waals surface area contributed by atoms with Crippen molar-refractivity contribution in [3.63, 3.8) is 0 Å². The Labute approximate surface area is 156 Å². The van der Waals surface area contributed by atoms with Gasteiger partial charge in [0.25, 0.3) is 0 Å². The number of tetrazole rings is 1. The zero-order valence-corrected chi connectivity index (χ0v) is 14.6. The van der Waals surface area contributed by atoms with Gasteiger partial charge in [-0.05, 0) is 41.1 Å². The Kier molecular flexibility index (Phi) is 4.06. The van der Waals surface area contributed by atoms with Crippen LogP contribution in [0.2, 0.25) is 0 Å². The van der Waals surface area contributed by atoms with E-state index >= 15 is 0 Å². The van der Waals surface area contributed by atoms with E-state index in [0.717, 1.165) is 0 Å². The summed E-state index contributed by atoms with van der Waals surface area (Å²) in [5.41, 5.74) is 6.70. The van der Waals surface area contributed by atoms with Gasteiger partial charge < -0.3 is 5.73 Å². The van der Waals surface area contributed by atoms with Gasteiger partial charge in [0.1, 0.15) is 5.69 Å². The van der Waals surface area contributed by atoms with Crippen molar-refractivity contribution in [1.29, 1.82) is 0 Å². The van der Waals surface area contributed by atoms with Crippen molar-refractivity contribution in [3.8, 4) is 0 Å². The highest BCUT2D eigenvalue weighted by molar-refractivity contribution is 5.94. The minimum Gasteiger partial charge on any atom is -0.366 e. The highest BCUT2D eigenvalue weighted by Gasteiger charge is 2.40. The molecule has 3 heterocycles. The molecule has 28 heavy (non-hydrogen) atoms. The van der Waals surface area contributed by atoms with Gasteiger partial charge in [-0.2, -0.15) is 13.9 Å². The lowest BCUT2D eigenvalue weighted by Crippen LogP contribution is -2.20. The number of benzene rings is 1. The third-order valence-corrected chi connectivity index (χ3v) is 4.35. The van der Waals surface area contributed by atoms with Crippen LogP contribution in [0.1, 0.15) is 33.1 Å². The van der Waals surface area contributed by atoms with Crippen molar-refractivity contribution in [2.24, 2.45) is 5.73 Å². The summed E-state index contributed by atoms with van der Waals surface area (Å²) in [6.07, 6.45) is 0. The van der Waals surface area contributed by atoms with Gasteiger partial charge in [-0.1, -0.05) is 18.2 Å². The lowest BCUT2D eigenvalue weighted by Gasteiger charge is -2.12. The number of carbonyl (C=O) groups is 1. The van der Waals surface area contributed by atoms with E-state index < -0.39 is 23.3 Å². The fraction of sp³-hybridized carbons (Fsp3) is 0.176. The normalized spacial score (nSPS) is 11.8. The minimum absolute atomic E-state index is 0.148. The average molecular weight is 384 g/mol. The number of fused-ring (bicyclic) bond motifs is 1. The maximum Gasteiger partial charge on any atom is 0.349 e. The molecule has 1 aromatic carbocycles. The molecule has 0 atom stereocenters. The molecule has 0 radical (unpaired) electrons. The summed E-state index contributed by atoms with van der Waals surface area (Å²) in [7, 11) is 0. The average Bonchev–Trinajstić information content (AvgIpc) is 3.31. The molecule has 0 aliphatic rings. The summed E-state index contributed by atoms with van der Waals surface area (Å²) < 4.78 is 30.8. The first-order valence-electron chi connectivity index (χ1n) is 8.22. The van der Waals surface area contributed by atoms with E-state index in [9.17, 15) is 13.6 Å². The van der Waals surface area contributed by atoms with E-state index in [4.69, 9.17) is 5.73 Å². The second kappa shape index (κ2) is 6.44. The Morgan fingerprint density at radius 3 is 2.75 bits per heavy atom. The molecule has 0 aliphatic carbocycles. The van der Waals surface area contributed by atoms with E-state index in [0.29, 0.717) is 22.2 Å². The summed E-state index contributed by atoms with van der Waals surface area (Å²) in [5, 5.41) is 16.7. The molecule has 0 unspecified atom stereocenters. The number of hydrogen-bond acceptors (Lipinski definition) is 6. The minimum atomic E-state index is -3.51. The summed E-state index contributed by atoms with van der Waals surface area (Å²) in [6, 6.07) is 9.50. The number of halogens is 2. The number of carbonyl (C=O) groups excluding carboxylic acids is 1. The van der Waals surface area contributed by atoms with Crippen LogP contribution >= 0.6 is 0 Å². The topological polar surface area (TPSA) is 128 Å². The van der Waals surface area contributed by atoms with E-state index in [1.54, 1.807) is 31.2 Å². The monoisotopic (exact) mass is 384 g/mol. The number of aryl methyl sites for hydroxylation is 1. The third-order valence-electron chi connectivity index (χ3n) is 4.35. The predicted molar refractivity (Wildman–Crippen MR) is 93.5 cm³/mol. The first-order chi connectivity index (χ1) is 13.4. The molecule has 11 heteroatoms. The zero-order valence-electron chi connectivity index (χ0n) is 14.6. The third kappa shape index (κ3) is 2.86. The van der Waals surface area contributed by atoms with Crippen molar-refractivity contribution in [2.45, 2.75) is 19.4 Å². The number of rotatable bonds is 5. The number of alkyl halides is 2. The first-order valence-corrected chi connectivity index (χ1v) is 8.22. The summed E-state index contributed by atoms with van der Waals surface area (Å²) >= 11 is 0. The molecule has 0 bridgehead atoms. The Morgan fingerprint density at radius 2 is 2.04 bits per heavy atom. The first kappa shape index (κ1) is 17.6. The van der Waals surface area contributed by atoms with E-state index in [1.165, 1.54) is 16.8 Å². The molecular formula is C17H14F2N8O. The molecule has 9 nitrogen and oxygen atoms in total. The Balaban J connectivity index is 1.81. The number of aromatic nitrogens is 7. The maximum atomic E-state index is 14.7. The summed E-state index contributed by atoms with van der Waals surface area (Å²) in [5.74, 6) is -4.80. The number of amides is 1. The quantitative estimate of drug-likeness (QED) is 0.537. The van der Waals surface area contributed by atoms with Crippen molar-refractivity contribution < 1.29 is 13.6 Å². The van der Waals surface area contributed by atoms with Crippen LogP contribution < -0.4 is 5.73 Å². The van der Waals surface area contributed by atoms with E-state index in [-0.39, 0.29) is 12.2 Å². The van der Waals surface area contributed by atoms with Gasteiger partial charge in [0, 0.05) is 10.9 Å². The molecule has 4 aromatic rings. The number of H-pyrrole nitrogens is 1. The molecule has 3 aromatic heterocycles. The fourth-order valence-corrected chi connectivity index (χ4v) is 2.97. The largest absolute Gasteiger partial charge is 0.366 e. The summed E-state index contributed by atoms with van der Waals surface area (Å²) in [6.45, 7) is 1.90. The van der Waals surface area contributed by atoms with Gasteiger partial charge >= 0.3 is 5.92 Å². The van der Waals surface area contributed by atoms with E-state index in [1.807, 2.05) is 0 Å². The highest BCUT2D eigenvalue weighted by atomic mass is 19.3. The molecule has 0 saturated heterocycles. The van der Waals surface area contributed by atoms with Crippen LogP contribution in [-0.4, -0.2) is 41.3 Å². The molecule has 142 valence electrons. The van der Waals surface area contributed by atoms with Gasteiger partial charge in [0.2, 0.25) is 11.7 Å². The molecule has 3 N–H and O–H groups in total. The Morgan fingerprint density at radius 1 is 1.25 bits per heavy atom. The second-order valence-electron chi connectivity index (χ2n) is 6.16. The number of nitrogens with one attached hydrogen (secondary N) is 1. The SMILES string of the molecule is Cc1nn(Cc2ccccc2C(N)=O)c2nc(C(F)(F)c3nnn[nH]3)ccc12. The van der Waals surface area contributed by atoms with Crippen molar-refractivity contribution in [2.75, 3.05) is 0 Å². The van der Waals surface area contributed by atoms with Gasteiger partial charge in [0.15, 0.2) is 5.65 Å². The van der Waals surface area contributed by atoms with Gasteiger partial charge in [-0.15, -0.1) is 5.10 Å². The zero-order chi connectivity index (χ0) is 19.9. The van der Waals surface area contributed by atoms with Gasteiger partial charge in [-0.3, -0.25) is 4.79 Å². The number of primary amides is 1. The predicted octanol–water partition coefficient (Wildman–Crippen LogP) is 1.54. The molecule has 1 amide bonds. The smallest absolute Gasteiger partial charge is 0.349 e. The second-order valence-corrected chi connectivity index (χ2v) is 6.16. The van der Waals surface area contributed by atoms with Crippen LogP contribution in [0, 0.1) is 6.92 Å². The molecule has 4 rings (SSSR count). The lowest BCUT2D eigenvalue weighted by molar-refractivity contribution is 0.0284. The summed E-state index contributed by atoms with van der Waals surface area (Å²) in [4.78, 5) is 15.8. The van der Waals surface area contributed by atoms with Crippen LogP contribution in [0.15, 0.2) is 36.4 Å². The Bertz CT molecular complexity index is 1170. The van der Waals surface area contributed by atoms with Gasteiger partial charge in [-0.25, -0.2) is 14.8 Å². The molecule has 0 spiro atoms. The van der Waals surface area contributed by atoms with Crippen molar-refractivity contribution in [3.05, 3.63) is 64.7 Å². The molecule has 0 fully saturated rings. The van der Waals surface area contributed by atoms with Crippen LogP contribution in [0.5, 0.6) is 0 Å². The lowest BCUT2D eigenvalue weighted by atomic mass is 10.1. The molecule has 0 saturated carbocycles. The number of nitrogens with two attached hydrogens (primary N) is 1. The fourth-order valence-electron chi connectivity index (χ4n) is 2.97. The van der Waals surface area contributed by atoms with Crippen LogP contribution in [0.25, 0.3) is 11.0 Å². The van der Waals surface area contributed by atoms with Crippen molar-refractivity contribution >= 4 is 16.9 Å². The molecular weight excluding hydrogens is 370 g/mol. The van der Waals surface area contributed by atoms with Crippen molar-refractivity contribution in [1.82, 2.24) is 35.4 Å². The Hall–Kier alpha value is -3.76. The van der Waals surface area contributed by atoms with Gasteiger partial charge in [0.05, 0.1) is 12.2 Å². The number of nitrogens with zero attached hydrogens (tertiary/aromatic N) is 6. The van der Waals surface area contributed by atoms with E-state index in [2.05, 4.69) is 30.7 Å². The molecule has 0 aliphatic heterocycles. The standard InChI is InChI=1S/C17H14F2N8O/c1-9-11-6-7-13(17(18,19)16-22-25-26-23-16)21-15(11)27(24-9)8-10-4-2-3-5-12(10)14(20)28/h2-7H,8H2,1H3,(H2,20,28)(H,22,23,25,26). The van der Waals surface area contributed by atoms with Crippen LogP contribution in [-0.2, 0) is 12.5 Å². The van der Waals surface area contributed by atoms with Crippen LogP contribution in [0.4, 0.5) is 8.78 Å². The van der Waals surface area contributed by atoms with Crippen LogP contribution in [0.3, 0.4) is 0 Å². The maximum absolute atomic E-state index is 14.7. The number of pyridine rings is 1.